The summed E-state index contributed by atoms with van der Waals surface area (Å²) in [7, 11) is 0. The molecule has 4 heteroatoms. The molecule has 0 fully saturated rings. The Balaban J connectivity index is 2.30. The average molecular weight is 284 g/mol. The monoisotopic (exact) mass is 284 g/mol. The fourth-order valence-corrected chi connectivity index (χ4v) is 2.16. The second kappa shape index (κ2) is 6.31. The third kappa shape index (κ3) is 3.34. The van der Waals surface area contributed by atoms with Gasteiger partial charge in [-0.2, -0.15) is 0 Å². The fourth-order valence-electron chi connectivity index (χ4n) is 2.16. The van der Waals surface area contributed by atoms with E-state index >= 15 is 0 Å². The molecule has 0 saturated carbocycles. The number of hydrogen-bond acceptors (Lipinski definition) is 3. The number of phenols is 1. The minimum Gasteiger partial charge on any atom is -0.505 e. The van der Waals surface area contributed by atoms with Gasteiger partial charge in [0.2, 0.25) is 0 Å². The van der Waals surface area contributed by atoms with Crippen LogP contribution in [0, 0.1) is 0 Å². The maximum Gasteiger partial charge on any atom is 0.258 e. The first-order chi connectivity index (χ1) is 10.0. The van der Waals surface area contributed by atoms with Crippen molar-refractivity contribution >= 4 is 11.6 Å². The van der Waals surface area contributed by atoms with Crippen LogP contribution in [0.3, 0.4) is 0 Å². The summed E-state index contributed by atoms with van der Waals surface area (Å²) in [6.07, 6.45) is 0. The molecule has 0 spiro atoms. The van der Waals surface area contributed by atoms with Crippen molar-refractivity contribution in [2.45, 2.75) is 26.4 Å². The highest BCUT2D eigenvalue weighted by Crippen LogP contribution is 2.26. The van der Waals surface area contributed by atoms with E-state index < -0.39 is 0 Å². The van der Waals surface area contributed by atoms with Gasteiger partial charge < -0.3 is 15.7 Å². The summed E-state index contributed by atoms with van der Waals surface area (Å²) in [6, 6.07) is 14.6. The van der Waals surface area contributed by atoms with Gasteiger partial charge in [-0.25, -0.2) is 0 Å². The van der Waals surface area contributed by atoms with Gasteiger partial charge in [0, 0.05) is 12.6 Å². The Morgan fingerprint density at radius 2 is 1.81 bits per heavy atom. The summed E-state index contributed by atoms with van der Waals surface area (Å²) in [5.74, 6) is -0.375. The number of rotatable bonds is 4. The molecule has 0 unspecified atom stereocenters. The summed E-state index contributed by atoms with van der Waals surface area (Å²) in [6.45, 7) is 4.39. The van der Waals surface area contributed by atoms with E-state index in [4.69, 9.17) is 5.73 Å². The minimum absolute atomic E-state index is 0.0125. The number of benzene rings is 2. The van der Waals surface area contributed by atoms with E-state index in [9.17, 15) is 9.90 Å². The number of nitrogens with two attached hydrogens (primary N) is 1. The lowest BCUT2D eigenvalue weighted by molar-refractivity contribution is 0.0687. The zero-order chi connectivity index (χ0) is 15.4. The predicted molar refractivity (Wildman–Crippen MR) is 84.0 cm³/mol. The Bertz CT molecular complexity index is 624. The number of anilines is 1. The van der Waals surface area contributed by atoms with Gasteiger partial charge in [0.05, 0.1) is 11.3 Å². The minimum atomic E-state index is -0.223. The van der Waals surface area contributed by atoms with Crippen molar-refractivity contribution in [2.24, 2.45) is 0 Å². The quantitative estimate of drug-likeness (QED) is 0.670. The van der Waals surface area contributed by atoms with Crippen LogP contribution in [-0.2, 0) is 6.54 Å². The van der Waals surface area contributed by atoms with Crippen LogP contribution in [-0.4, -0.2) is 22.0 Å². The van der Waals surface area contributed by atoms with Gasteiger partial charge in [-0.1, -0.05) is 36.4 Å². The first-order valence-corrected chi connectivity index (χ1v) is 6.93. The van der Waals surface area contributed by atoms with Gasteiger partial charge in [0.1, 0.15) is 0 Å². The Morgan fingerprint density at radius 3 is 2.43 bits per heavy atom. The number of carbonyl (C=O) groups excluding carboxylic acids is 1. The van der Waals surface area contributed by atoms with Crippen LogP contribution >= 0.6 is 0 Å². The molecule has 0 radical (unpaired) electrons. The molecule has 0 saturated heterocycles. The lowest BCUT2D eigenvalue weighted by Crippen LogP contribution is -2.36. The van der Waals surface area contributed by atoms with E-state index in [0.29, 0.717) is 6.54 Å². The maximum absolute atomic E-state index is 12.7. The second-order valence-corrected chi connectivity index (χ2v) is 5.26. The van der Waals surface area contributed by atoms with Crippen LogP contribution in [0.4, 0.5) is 5.69 Å². The standard InChI is InChI=1S/C17H20N2O2/c1-12(2)19(11-13-7-4-3-5-8-13)17(21)14-9-6-10-15(18)16(14)20/h3-10,12,20H,11,18H2,1-2H3. The first kappa shape index (κ1) is 14.9. The Labute approximate surface area is 124 Å². The SMILES string of the molecule is CC(C)N(Cc1ccccc1)C(=O)c1cccc(N)c1O. The van der Waals surface area contributed by atoms with Crippen LogP contribution in [0.25, 0.3) is 0 Å². The summed E-state index contributed by atoms with van der Waals surface area (Å²) < 4.78 is 0. The van der Waals surface area contributed by atoms with Crippen molar-refractivity contribution < 1.29 is 9.90 Å². The van der Waals surface area contributed by atoms with Crippen molar-refractivity contribution in [1.29, 1.82) is 0 Å². The highest BCUT2D eigenvalue weighted by molar-refractivity contribution is 5.98. The molecule has 2 aromatic carbocycles. The molecule has 0 heterocycles. The molecule has 110 valence electrons. The van der Waals surface area contributed by atoms with Gasteiger partial charge in [-0.15, -0.1) is 0 Å². The molecule has 0 aliphatic rings. The lowest BCUT2D eigenvalue weighted by atomic mass is 10.1. The second-order valence-electron chi connectivity index (χ2n) is 5.26. The van der Waals surface area contributed by atoms with E-state index in [2.05, 4.69) is 0 Å². The van der Waals surface area contributed by atoms with Crippen molar-refractivity contribution in [1.82, 2.24) is 4.90 Å². The maximum atomic E-state index is 12.7. The molecule has 4 nitrogen and oxygen atoms in total. The zero-order valence-electron chi connectivity index (χ0n) is 12.3. The van der Waals surface area contributed by atoms with Gasteiger partial charge in [0.25, 0.3) is 5.91 Å². The van der Waals surface area contributed by atoms with Crippen LogP contribution < -0.4 is 5.73 Å². The number of nitrogens with zero attached hydrogens (tertiary/aromatic N) is 1. The molecule has 2 rings (SSSR count). The number of nitrogen functional groups attached to an aromatic ring is 1. The van der Waals surface area contributed by atoms with Crippen LogP contribution in [0.1, 0.15) is 29.8 Å². The van der Waals surface area contributed by atoms with Gasteiger partial charge >= 0.3 is 0 Å². The summed E-state index contributed by atoms with van der Waals surface area (Å²) in [4.78, 5) is 14.4. The third-order valence-corrected chi connectivity index (χ3v) is 3.38. The lowest BCUT2D eigenvalue weighted by Gasteiger charge is -2.27. The number of para-hydroxylation sites is 1. The van der Waals surface area contributed by atoms with E-state index in [1.807, 2.05) is 44.2 Å². The van der Waals surface area contributed by atoms with Crippen molar-refractivity contribution in [3.05, 3.63) is 59.7 Å². The van der Waals surface area contributed by atoms with Crippen molar-refractivity contribution in [3.8, 4) is 5.75 Å². The first-order valence-electron chi connectivity index (χ1n) is 6.93. The fraction of sp³-hybridized carbons (Fsp3) is 0.235. The summed E-state index contributed by atoms with van der Waals surface area (Å²) >= 11 is 0. The molecule has 0 aromatic heterocycles. The van der Waals surface area contributed by atoms with E-state index in [0.717, 1.165) is 5.56 Å². The van der Waals surface area contributed by atoms with E-state index in [-0.39, 0.29) is 28.9 Å². The van der Waals surface area contributed by atoms with Crippen LogP contribution in [0.15, 0.2) is 48.5 Å². The molecule has 0 bridgehead atoms. The highest BCUT2D eigenvalue weighted by Gasteiger charge is 2.22. The highest BCUT2D eigenvalue weighted by atomic mass is 16.3. The molecule has 2 aromatic rings. The molecule has 0 aliphatic heterocycles. The van der Waals surface area contributed by atoms with Crippen LogP contribution in [0.5, 0.6) is 5.75 Å². The topological polar surface area (TPSA) is 66.6 Å². The molecule has 0 atom stereocenters. The van der Waals surface area contributed by atoms with E-state index in [1.54, 1.807) is 23.1 Å². The molecular weight excluding hydrogens is 264 g/mol. The number of amides is 1. The third-order valence-electron chi connectivity index (χ3n) is 3.38. The largest absolute Gasteiger partial charge is 0.505 e. The van der Waals surface area contributed by atoms with Crippen LogP contribution in [0.2, 0.25) is 0 Å². The van der Waals surface area contributed by atoms with E-state index in [1.165, 1.54) is 0 Å². The Hall–Kier alpha value is -2.49. The Kier molecular flexibility index (Phi) is 4.48. The predicted octanol–water partition coefficient (Wildman–Crippen LogP) is 3.03. The molecule has 3 N–H and O–H groups in total. The number of carbonyl (C=O) groups is 1. The summed E-state index contributed by atoms with van der Waals surface area (Å²) in [5.41, 5.74) is 7.16. The van der Waals surface area contributed by atoms with Gasteiger partial charge in [0.15, 0.2) is 5.75 Å². The zero-order valence-corrected chi connectivity index (χ0v) is 12.3. The van der Waals surface area contributed by atoms with Gasteiger partial charge in [-0.3, -0.25) is 4.79 Å². The average Bonchev–Trinajstić information content (AvgIpc) is 2.48. The smallest absolute Gasteiger partial charge is 0.258 e. The molecular formula is C17H20N2O2. The Morgan fingerprint density at radius 1 is 1.14 bits per heavy atom. The molecule has 1 amide bonds. The van der Waals surface area contributed by atoms with Crippen molar-refractivity contribution in [3.63, 3.8) is 0 Å². The summed E-state index contributed by atoms with van der Waals surface area (Å²) in [5, 5.41) is 9.99. The number of aromatic hydroxyl groups is 1. The number of phenolic OH excluding ortho intramolecular Hbond substituents is 1. The molecule has 21 heavy (non-hydrogen) atoms. The number of hydrogen-bond donors (Lipinski definition) is 2. The molecule has 0 aliphatic carbocycles. The van der Waals surface area contributed by atoms with Gasteiger partial charge in [-0.05, 0) is 31.5 Å². The normalized spacial score (nSPS) is 10.6. The van der Waals surface area contributed by atoms with Crippen molar-refractivity contribution in [2.75, 3.05) is 5.73 Å².